The second kappa shape index (κ2) is 6.38. The molecule has 6 nitrogen and oxygen atoms in total. The van der Waals surface area contributed by atoms with Crippen LogP contribution in [0.15, 0.2) is 24.3 Å². The molecule has 0 saturated carbocycles. The maximum Gasteiger partial charge on any atom is 0.255 e. The van der Waals surface area contributed by atoms with Crippen LogP contribution in [-0.4, -0.2) is 54.3 Å². The average Bonchev–Trinajstić information content (AvgIpc) is 2.63. The normalized spacial score (nSPS) is 16.7. The summed E-state index contributed by atoms with van der Waals surface area (Å²) in [5, 5.41) is 0. The van der Waals surface area contributed by atoms with E-state index in [-0.39, 0.29) is 18.4 Å². The van der Waals surface area contributed by atoms with E-state index < -0.39 is 0 Å². The molecule has 1 aromatic carbocycles. The first-order valence-electron chi connectivity index (χ1n) is 6.72. The summed E-state index contributed by atoms with van der Waals surface area (Å²) in [6.07, 6.45) is 0.825. The summed E-state index contributed by atoms with van der Waals surface area (Å²) in [7, 11) is 0. The van der Waals surface area contributed by atoms with Gasteiger partial charge in [-0.05, 0) is 18.6 Å². The number of anilines is 1. The number of amides is 2. The van der Waals surface area contributed by atoms with Gasteiger partial charge < -0.3 is 16.4 Å². The third-order valence-electron chi connectivity index (χ3n) is 3.45. The lowest BCUT2D eigenvalue weighted by molar-refractivity contribution is -0.119. The van der Waals surface area contributed by atoms with E-state index >= 15 is 0 Å². The summed E-state index contributed by atoms with van der Waals surface area (Å²) in [5.41, 5.74) is 12.1. The molecule has 0 aromatic heterocycles. The van der Waals surface area contributed by atoms with Crippen molar-refractivity contribution in [3.8, 4) is 0 Å². The smallest absolute Gasteiger partial charge is 0.255 e. The fourth-order valence-electron chi connectivity index (χ4n) is 2.41. The van der Waals surface area contributed by atoms with Gasteiger partial charge in [0.1, 0.15) is 0 Å². The Hall–Kier alpha value is -2.08. The number of para-hydroxylation sites is 1. The molecule has 6 heteroatoms. The van der Waals surface area contributed by atoms with Crippen LogP contribution in [0, 0.1) is 0 Å². The number of hydrogen-bond donors (Lipinski definition) is 2. The Labute approximate surface area is 118 Å². The van der Waals surface area contributed by atoms with Crippen molar-refractivity contribution >= 4 is 17.5 Å². The SMILES string of the molecule is NC(=O)CN1CCCN(C(=O)c2ccccc2N)CC1. The maximum absolute atomic E-state index is 12.4. The molecular formula is C14H20N4O2. The quantitative estimate of drug-likeness (QED) is 0.754. The predicted octanol–water partition coefficient (Wildman–Crippen LogP) is -0.0980. The number of carbonyl (C=O) groups excluding carboxylic acids is 2. The molecule has 20 heavy (non-hydrogen) atoms. The maximum atomic E-state index is 12.4. The van der Waals surface area contributed by atoms with Crippen LogP contribution in [-0.2, 0) is 4.79 Å². The second-order valence-electron chi connectivity index (χ2n) is 4.98. The Morgan fingerprint density at radius 3 is 2.55 bits per heavy atom. The van der Waals surface area contributed by atoms with Gasteiger partial charge in [-0.25, -0.2) is 0 Å². The number of nitrogen functional groups attached to an aromatic ring is 1. The zero-order valence-corrected chi connectivity index (χ0v) is 11.4. The molecule has 1 saturated heterocycles. The topological polar surface area (TPSA) is 92.7 Å². The van der Waals surface area contributed by atoms with E-state index in [2.05, 4.69) is 0 Å². The fraction of sp³-hybridized carbons (Fsp3) is 0.429. The highest BCUT2D eigenvalue weighted by Gasteiger charge is 2.21. The number of hydrogen-bond acceptors (Lipinski definition) is 4. The number of nitrogens with two attached hydrogens (primary N) is 2. The highest BCUT2D eigenvalue weighted by atomic mass is 16.2. The zero-order valence-electron chi connectivity index (χ0n) is 11.4. The van der Waals surface area contributed by atoms with E-state index in [1.165, 1.54) is 0 Å². The standard InChI is InChI=1S/C14H20N4O2/c15-12-5-2-1-4-11(12)14(20)18-7-3-6-17(8-9-18)10-13(16)19/h1-2,4-5H,3,6-10,15H2,(H2,16,19). The Balaban J connectivity index is 2.02. The summed E-state index contributed by atoms with van der Waals surface area (Å²) < 4.78 is 0. The van der Waals surface area contributed by atoms with Gasteiger partial charge in [0.05, 0.1) is 12.1 Å². The van der Waals surface area contributed by atoms with E-state index in [9.17, 15) is 9.59 Å². The lowest BCUT2D eigenvalue weighted by atomic mass is 10.1. The molecule has 1 heterocycles. The van der Waals surface area contributed by atoms with Crippen LogP contribution in [0.1, 0.15) is 16.8 Å². The van der Waals surface area contributed by atoms with Gasteiger partial charge in [0.25, 0.3) is 5.91 Å². The van der Waals surface area contributed by atoms with Crippen LogP contribution in [0.2, 0.25) is 0 Å². The van der Waals surface area contributed by atoms with Crippen LogP contribution >= 0.6 is 0 Å². The highest BCUT2D eigenvalue weighted by molar-refractivity contribution is 5.99. The summed E-state index contributed by atoms with van der Waals surface area (Å²) in [6, 6.07) is 7.08. The summed E-state index contributed by atoms with van der Waals surface area (Å²) in [5.74, 6) is -0.388. The van der Waals surface area contributed by atoms with Gasteiger partial charge in [-0.2, -0.15) is 0 Å². The second-order valence-corrected chi connectivity index (χ2v) is 4.98. The first-order valence-corrected chi connectivity index (χ1v) is 6.72. The summed E-state index contributed by atoms with van der Waals surface area (Å²) >= 11 is 0. The van der Waals surface area contributed by atoms with Crippen molar-refractivity contribution in [2.45, 2.75) is 6.42 Å². The predicted molar refractivity (Wildman–Crippen MR) is 77.0 cm³/mol. The average molecular weight is 276 g/mol. The van der Waals surface area contributed by atoms with Gasteiger partial charge >= 0.3 is 0 Å². The van der Waals surface area contributed by atoms with Crippen molar-refractivity contribution in [1.29, 1.82) is 0 Å². The number of nitrogens with zero attached hydrogens (tertiary/aromatic N) is 2. The van der Waals surface area contributed by atoms with Crippen molar-refractivity contribution in [3.05, 3.63) is 29.8 Å². The van der Waals surface area contributed by atoms with E-state index in [4.69, 9.17) is 11.5 Å². The van der Waals surface area contributed by atoms with Gasteiger partial charge in [-0.3, -0.25) is 14.5 Å². The van der Waals surface area contributed by atoms with Crippen LogP contribution in [0.4, 0.5) is 5.69 Å². The monoisotopic (exact) mass is 276 g/mol. The molecule has 1 aromatic rings. The van der Waals surface area contributed by atoms with E-state index in [1.54, 1.807) is 23.1 Å². The zero-order chi connectivity index (χ0) is 14.5. The Morgan fingerprint density at radius 1 is 1.10 bits per heavy atom. The Kier molecular flexibility index (Phi) is 4.57. The molecule has 0 aliphatic carbocycles. The molecule has 4 N–H and O–H groups in total. The first kappa shape index (κ1) is 14.3. The van der Waals surface area contributed by atoms with Crippen molar-refractivity contribution in [2.75, 3.05) is 38.5 Å². The lowest BCUT2D eigenvalue weighted by Crippen LogP contribution is -2.38. The fourth-order valence-corrected chi connectivity index (χ4v) is 2.41. The van der Waals surface area contributed by atoms with Gasteiger partial charge in [-0.1, -0.05) is 12.1 Å². The number of benzene rings is 1. The van der Waals surface area contributed by atoms with E-state index in [0.29, 0.717) is 30.9 Å². The lowest BCUT2D eigenvalue weighted by Gasteiger charge is -2.22. The van der Waals surface area contributed by atoms with Crippen LogP contribution in [0.25, 0.3) is 0 Å². The first-order chi connectivity index (χ1) is 9.58. The minimum atomic E-state index is -0.336. The van der Waals surface area contributed by atoms with Crippen molar-refractivity contribution in [1.82, 2.24) is 9.80 Å². The molecular weight excluding hydrogens is 256 g/mol. The van der Waals surface area contributed by atoms with Crippen LogP contribution < -0.4 is 11.5 Å². The third-order valence-corrected chi connectivity index (χ3v) is 3.45. The minimum Gasteiger partial charge on any atom is -0.398 e. The molecule has 2 rings (SSSR count). The Morgan fingerprint density at radius 2 is 1.85 bits per heavy atom. The third kappa shape index (κ3) is 3.48. The van der Waals surface area contributed by atoms with Crippen LogP contribution in [0.3, 0.4) is 0 Å². The number of carbonyl (C=O) groups is 2. The van der Waals surface area contributed by atoms with Crippen molar-refractivity contribution < 1.29 is 9.59 Å². The Bertz CT molecular complexity index is 504. The summed E-state index contributed by atoms with van der Waals surface area (Å²) in [6.45, 7) is 2.93. The molecule has 0 unspecified atom stereocenters. The molecule has 0 radical (unpaired) electrons. The molecule has 1 aliphatic heterocycles. The van der Waals surface area contributed by atoms with E-state index in [1.807, 2.05) is 11.0 Å². The minimum absolute atomic E-state index is 0.0518. The van der Waals surface area contributed by atoms with Crippen molar-refractivity contribution in [2.24, 2.45) is 5.73 Å². The number of primary amides is 1. The van der Waals surface area contributed by atoms with Gasteiger partial charge in [0.15, 0.2) is 0 Å². The summed E-state index contributed by atoms with van der Waals surface area (Å²) in [4.78, 5) is 27.1. The molecule has 1 fully saturated rings. The molecule has 1 aliphatic rings. The molecule has 2 amide bonds. The molecule has 108 valence electrons. The van der Waals surface area contributed by atoms with Gasteiger partial charge in [0.2, 0.25) is 5.91 Å². The molecule has 0 spiro atoms. The molecule has 0 bridgehead atoms. The van der Waals surface area contributed by atoms with Gasteiger partial charge in [-0.15, -0.1) is 0 Å². The number of rotatable bonds is 3. The van der Waals surface area contributed by atoms with Crippen molar-refractivity contribution in [3.63, 3.8) is 0 Å². The van der Waals surface area contributed by atoms with Crippen LogP contribution in [0.5, 0.6) is 0 Å². The van der Waals surface area contributed by atoms with E-state index in [0.717, 1.165) is 13.0 Å². The largest absolute Gasteiger partial charge is 0.398 e. The highest BCUT2D eigenvalue weighted by Crippen LogP contribution is 2.15. The molecule has 0 atom stereocenters. The van der Waals surface area contributed by atoms with Gasteiger partial charge in [0, 0.05) is 31.9 Å².